The van der Waals surface area contributed by atoms with Gasteiger partial charge in [0.1, 0.15) is 12.3 Å². The fraction of sp³-hybridized carbons (Fsp3) is 0.438. The molecule has 140 valence electrons. The molecule has 3 rings (SSSR count). The average molecular weight is 398 g/mol. The Morgan fingerprint density at radius 1 is 1.46 bits per heavy atom. The average Bonchev–Trinajstić information content (AvgIpc) is 3.26. The Morgan fingerprint density at radius 3 is 2.81 bits per heavy atom. The van der Waals surface area contributed by atoms with E-state index >= 15 is 0 Å². The van der Waals surface area contributed by atoms with Crippen molar-refractivity contribution in [2.75, 3.05) is 24.6 Å². The van der Waals surface area contributed by atoms with E-state index in [4.69, 9.17) is 4.42 Å². The molecule has 26 heavy (non-hydrogen) atoms. The first kappa shape index (κ1) is 18.7. The lowest BCUT2D eigenvalue weighted by Crippen LogP contribution is -2.47. The maximum atomic E-state index is 12.6. The molecule has 3 amide bonds. The van der Waals surface area contributed by atoms with Crippen LogP contribution in [0.3, 0.4) is 0 Å². The zero-order valence-electron chi connectivity index (χ0n) is 14.1. The lowest BCUT2D eigenvalue weighted by molar-refractivity contribution is -0.137. The fourth-order valence-corrected chi connectivity index (χ4v) is 5.57. The third-order valence-electron chi connectivity index (χ3n) is 4.29. The number of furan rings is 1. The predicted octanol–water partition coefficient (Wildman–Crippen LogP) is 1.35. The van der Waals surface area contributed by atoms with Gasteiger partial charge in [-0.15, -0.1) is 0 Å². The maximum absolute atomic E-state index is 12.6. The first-order valence-corrected chi connectivity index (χ1v) is 10.7. The van der Waals surface area contributed by atoms with Crippen LogP contribution in [0.2, 0.25) is 0 Å². The van der Waals surface area contributed by atoms with Gasteiger partial charge in [-0.3, -0.25) is 19.3 Å². The zero-order chi connectivity index (χ0) is 18.9. The van der Waals surface area contributed by atoms with Crippen LogP contribution in [0, 0.1) is 0 Å². The van der Waals surface area contributed by atoms with Gasteiger partial charge in [-0.05, 0) is 37.2 Å². The van der Waals surface area contributed by atoms with Gasteiger partial charge in [0.25, 0.3) is 11.1 Å². The Kier molecular flexibility index (Phi) is 5.24. The van der Waals surface area contributed by atoms with Crippen LogP contribution >= 0.6 is 11.8 Å². The SMILES string of the molecule is CCN(C(=O)CN1C(=O)S/C(=C/c2ccco2)C1=O)[C@@H]1CCS(=O)(=O)C1. The van der Waals surface area contributed by atoms with Gasteiger partial charge in [-0.2, -0.15) is 0 Å². The molecule has 0 aliphatic carbocycles. The summed E-state index contributed by atoms with van der Waals surface area (Å²) in [4.78, 5) is 39.6. The standard InChI is InChI=1S/C16H18N2O6S2/c1-2-17(11-5-7-26(22,23)10-11)14(19)9-18-15(20)13(25-16(18)21)8-12-4-3-6-24-12/h3-4,6,8,11H,2,5,7,9-10H2,1H3/b13-8+/t11-/m1/s1. The quantitative estimate of drug-likeness (QED) is 0.690. The van der Waals surface area contributed by atoms with E-state index in [0.717, 1.165) is 16.7 Å². The summed E-state index contributed by atoms with van der Waals surface area (Å²) in [7, 11) is -3.14. The normalized spacial score (nSPS) is 23.8. The molecule has 2 aliphatic heterocycles. The van der Waals surface area contributed by atoms with Gasteiger partial charge in [0.2, 0.25) is 5.91 Å². The second-order valence-electron chi connectivity index (χ2n) is 6.02. The van der Waals surface area contributed by atoms with Crippen molar-refractivity contribution in [2.45, 2.75) is 19.4 Å². The van der Waals surface area contributed by atoms with E-state index in [0.29, 0.717) is 18.7 Å². The number of carbonyl (C=O) groups is 3. The molecule has 2 aliphatic rings. The highest BCUT2D eigenvalue weighted by atomic mass is 32.2. The molecule has 0 radical (unpaired) electrons. The lowest BCUT2D eigenvalue weighted by Gasteiger charge is -2.28. The second kappa shape index (κ2) is 7.28. The van der Waals surface area contributed by atoms with E-state index in [1.54, 1.807) is 19.1 Å². The van der Waals surface area contributed by atoms with Crippen molar-refractivity contribution < 1.29 is 27.2 Å². The van der Waals surface area contributed by atoms with Crippen LogP contribution in [0.1, 0.15) is 19.1 Å². The van der Waals surface area contributed by atoms with Crippen LogP contribution in [0.4, 0.5) is 4.79 Å². The van der Waals surface area contributed by atoms with Gasteiger partial charge in [0.15, 0.2) is 9.84 Å². The predicted molar refractivity (Wildman–Crippen MR) is 95.8 cm³/mol. The summed E-state index contributed by atoms with van der Waals surface area (Å²) < 4.78 is 28.4. The van der Waals surface area contributed by atoms with Crippen LogP contribution in [-0.2, 0) is 19.4 Å². The third kappa shape index (κ3) is 3.85. The Hall–Kier alpha value is -2.07. The number of likely N-dealkylation sites (N-methyl/N-ethyl adjacent to an activating group) is 1. The molecular weight excluding hydrogens is 380 g/mol. The maximum Gasteiger partial charge on any atom is 0.294 e. The Bertz CT molecular complexity index is 859. The second-order valence-corrected chi connectivity index (χ2v) is 9.24. The molecular formula is C16H18N2O6S2. The van der Waals surface area contributed by atoms with Gasteiger partial charge in [-0.1, -0.05) is 0 Å². The van der Waals surface area contributed by atoms with Crippen molar-refractivity contribution in [1.29, 1.82) is 0 Å². The highest BCUT2D eigenvalue weighted by molar-refractivity contribution is 8.18. The molecule has 3 heterocycles. The Morgan fingerprint density at radius 2 is 2.23 bits per heavy atom. The van der Waals surface area contributed by atoms with Gasteiger partial charge in [0.05, 0.1) is 22.7 Å². The number of nitrogens with zero attached hydrogens (tertiary/aromatic N) is 2. The number of hydrogen-bond donors (Lipinski definition) is 0. The van der Waals surface area contributed by atoms with Crippen molar-refractivity contribution in [3.8, 4) is 0 Å². The largest absolute Gasteiger partial charge is 0.465 e. The monoisotopic (exact) mass is 398 g/mol. The summed E-state index contributed by atoms with van der Waals surface area (Å²) in [6.45, 7) is 1.66. The van der Waals surface area contributed by atoms with Crippen LogP contribution in [-0.4, -0.2) is 65.9 Å². The number of rotatable bonds is 5. The minimum atomic E-state index is -3.14. The van der Waals surface area contributed by atoms with Crippen molar-refractivity contribution in [2.24, 2.45) is 0 Å². The molecule has 0 saturated carbocycles. The highest BCUT2D eigenvalue weighted by Gasteiger charge is 2.39. The summed E-state index contributed by atoms with van der Waals surface area (Å²) in [6.07, 6.45) is 3.28. The molecule has 1 aromatic heterocycles. The summed E-state index contributed by atoms with van der Waals surface area (Å²) in [6, 6.07) is 2.91. The minimum absolute atomic E-state index is 0.0505. The third-order valence-corrected chi connectivity index (χ3v) is 6.95. The molecule has 0 spiro atoms. The zero-order valence-corrected chi connectivity index (χ0v) is 15.7. The van der Waals surface area contributed by atoms with Crippen LogP contribution < -0.4 is 0 Å². The molecule has 10 heteroatoms. The van der Waals surface area contributed by atoms with Crippen molar-refractivity contribution >= 4 is 44.7 Å². The number of thioether (sulfide) groups is 1. The molecule has 2 saturated heterocycles. The van der Waals surface area contributed by atoms with Crippen molar-refractivity contribution in [3.63, 3.8) is 0 Å². The summed E-state index contributed by atoms with van der Waals surface area (Å²) in [5, 5.41) is -0.531. The fourth-order valence-electron chi connectivity index (χ4n) is 3.02. The number of hydrogen-bond acceptors (Lipinski definition) is 7. The first-order valence-electron chi connectivity index (χ1n) is 8.09. The van der Waals surface area contributed by atoms with Gasteiger partial charge in [-0.25, -0.2) is 8.42 Å². The topological polar surface area (TPSA) is 105 Å². The number of imide groups is 1. The van der Waals surface area contributed by atoms with Gasteiger partial charge >= 0.3 is 0 Å². The molecule has 0 bridgehead atoms. The minimum Gasteiger partial charge on any atom is -0.465 e. The number of carbonyl (C=O) groups excluding carboxylic acids is 3. The Balaban J connectivity index is 1.70. The molecule has 1 atom stereocenters. The van der Waals surface area contributed by atoms with Crippen molar-refractivity contribution in [1.82, 2.24) is 9.80 Å². The lowest BCUT2D eigenvalue weighted by atomic mass is 10.2. The van der Waals surface area contributed by atoms with E-state index in [1.807, 2.05) is 0 Å². The van der Waals surface area contributed by atoms with E-state index in [-0.39, 0.29) is 16.4 Å². The number of sulfone groups is 1. The van der Waals surface area contributed by atoms with E-state index in [9.17, 15) is 22.8 Å². The number of amides is 3. The summed E-state index contributed by atoms with van der Waals surface area (Å²) >= 11 is 0.745. The summed E-state index contributed by atoms with van der Waals surface area (Å²) in [5.74, 6) is -0.578. The van der Waals surface area contributed by atoms with Crippen LogP contribution in [0.25, 0.3) is 6.08 Å². The molecule has 1 aromatic rings. The van der Waals surface area contributed by atoms with E-state index in [1.165, 1.54) is 17.2 Å². The van der Waals surface area contributed by atoms with Crippen LogP contribution in [0.15, 0.2) is 27.7 Å². The molecule has 2 fully saturated rings. The summed E-state index contributed by atoms with van der Waals surface area (Å²) in [5.41, 5.74) is 0. The highest BCUT2D eigenvalue weighted by Crippen LogP contribution is 2.32. The van der Waals surface area contributed by atoms with E-state index in [2.05, 4.69) is 0 Å². The first-order chi connectivity index (χ1) is 12.3. The van der Waals surface area contributed by atoms with Crippen LogP contribution in [0.5, 0.6) is 0 Å². The van der Waals surface area contributed by atoms with Gasteiger partial charge in [0, 0.05) is 18.7 Å². The van der Waals surface area contributed by atoms with Crippen molar-refractivity contribution in [3.05, 3.63) is 29.1 Å². The molecule has 0 unspecified atom stereocenters. The van der Waals surface area contributed by atoms with Gasteiger partial charge < -0.3 is 9.32 Å². The molecule has 0 N–H and O–H groups in total. The smallest absolute Gasteiger partial charge is 0.294 e. The van der Waals surface area contributed by atoms with E-state index < -0.39 is 39.5 Å². The Labute approximate surface area is 155 Å². The molecule has 8 nitrogen and oxygen atoms in total. The molecule has 0 aromatic carbocycles.